The van der Waals surface area contributed by atoms with E-state index >= 15 is 0 Å². The lowest BCUT2D eigenvalue weighted by molar-refractivity contribution is 0.671. The summed E-state index contributed by atoms with van der Waals surface area (Å²) in [5, 5.41) is 7.55. The molecule has 0 spiro atoms. The molecule has 5 heteroatoms. The third-order valence-electron chi connectivity index (χ3n) is 2.80. The van der Waals surface area contributed by atoms with Crippen LogP contribution in [0.4, 0.5) is 5.69 Å². The zero-order valence-electron chi connectivity index (χ0n) is 10.6. The molecule has 1 rings (SSSR count). The summed E-state index contributed by atoms with van der Waals surface area (Å²) >= 11 is 1.82. The molecule has 0 saturated heterocycles. The molecule has 1 atom stereocenters. The fourth-order valence-corrected chi connectivity index (χ4v) is 2.63. The number of hydrogen-bond donors (Lipinski definition) is 2. The van der Waals surface area contributed by atoms with Crippen molar-refractivity contribution in [3.05, 3.63) is 24.0 Å². The van der Waals surface area contributed by atoms with Crippen molar-refractivity contribution in [3.8, 4) is 0 Å². The van der Waals surface area contributed by atoms with Gasteiger partial charge in [0.15, 0.2) is 0 Å². The van der Waals surface area contributed by atoms with E-state index in [0.29, 0.717) is 11.7 Å². The Morgan fingerprint density at radius 2 is 2.35 bits per heavy atom. The fourth-order valence-electron chi connectivity index (χ4n) is 1.78. The highest BCUT2D eigenvalue weighted by Crippen LogP contribution is 2.21. The van der Waals surface area contributed by atoms with Crippen LogP contribution in [0.2, 0.25) is 0 Å². The molecule has 0 bridgehead atoms. The third-order valence-corrected chi connectivity index (χ3v) is 3.52. The summed E-state index contributed by atoms with van der Waals surface area (Å²) in [5.74, 6) is 1.07. The standard InChI is InChI=1S/C12H20N4S/c1-4-9(8-17-3)16(2)10-6-5-7-15-11(10)12(13)14/h5-7,9H,4,8H2,1-3H3,(H3,13,14). The number of amidine groups is 1. The predicted molar refractivity (Wildman–Crippen MR) is 76.1 cm³/mol. The van der Waals surface area contributed by atoms with Crippen LogP contribution in [-0.2, 0) is 0 Å². The van der Waals surface area contributed by atoms with Crippen molar-refractivity contribution < 1.29 is 0 Å². The normalized spacial score (nSPS) is 12.2. The maximum absolute atomic E-state index is 7.55. The Kier molecular flexibility index (Phi) is 5.28. The molecular weight excluding hydrogens is 232 g/mol. The Labute approximate surface area is 107 Å². The molecule has 1 heterocycles. The molecular formula is C12H20N4S. The SMILES string of the molecule is CCC(CSC)N(C)c1cccnc1C(=N)N. The zero-order valence-corrected chi connectivity index (χ0v) is 11.4. The molecule has 0 saturated carbocycles. The monoisotopic (exact) mass is 252 g/mol. The number of nitrogens with one attached hydrogen (secondary N) is 1. The highest BCUT2D eigenvalue weighted by Gasteiger charge is 2.17. The molecule has 1 aromatic rings. The molecule has 3 N–H and O–H groups in total. The van der Waals surface area contributed by atoms with Crippen LogP contribution < -0.4 is 10.6 Å². The van der Waals surface area contributed by atoms with Crippen molar-refractivity contribution >= 4 is 23.3 Å². The van der Waals surface area contributed by atoms with Crippen molar-refractivity contribution in [3.63, 3.8) is 0 Å². The van der Waals surface area contributed by atoms with Crippen LogP contribution >= 0.6 is 11.8 Å². The van der Waals surface area contributed by atoms with E-state index in [2.05, 4.69) is 23.1 Å². The summed E-state index contributed by atoms with van der Waals surface area (Å²) < 4.78 is 0. The quantitative estimate of drug-likeness (QED) is 0.600. The van der Waals surface area contributed by atoms with Gasteiger partial charge in [-0.2, -0.15) is 11.8 Å². The maximum atomic E-state index is 7.55. The highest BCUT2D eigenvalue weighted by molar-refractivity contribution is 7.98. The van der Waals surface area contributed by atoms with E-state index in [9.17, 15) is 0 Å². The largest absolute Gasteiger partial charge is 0.382 e. The number of hydrogen-bond acceptors (Lipinski definition) is 4. The number of anilines is 1. The van der Waals surface area contributed by atoms with Gasteiger partial charge in [0.25, 0.3) is 0 Å². The first-order valence-electron chi connectivity index (χ1n) is 5.63. The second kappa shape index (κ2) is 6.49. The summed E-state index contributed by atoms with van der Waals surface area (Å²) in [6, 6.07) is 4.28. The van der Waals surface area contributed by atoms with Crippen LogP contribution in [0.1, 0.15) is 19.0 Å². The fraction of sp³-hybridized carbons (Fsp3) is 0.500. The predicted octanol–water partition coefficient (Wildman–Crippen LogP) is 1.94. The number of thioether (sulfide) groups is 1. The smallest absolute Gasteiger partial charge is 0.143 e. The number of nitrogens with zero attached hydrogens (tertiary/aromatic N) is 2. The molecule has 0 aliphatic carbocycles. The van der Waals surface area contributed by atoms with E-state index in [4.69, 9.17) is 11.1 Å². The van der Waals surface area contributed by atoms with Crippen molar-refractivity contribution in [2.45, 2.75) is 19.4 Å². The molecule has 0 aliphatic heterocycles. The van der Waals surface area contributed by atoms with Gasteiger partial charge in [0.05, 0.1) is 5.69 Å². The summed E-state index contributed by atoms with van der Waals surface area (Å²) in [6.07, 6.45) is 4.83. The van der Waals surface area contributed by atoms with Gasteiger partial charge in [0.1, 0.15) is 11.5 Å². The van der Waals surface area contributed by atoms with Crippen molar-refractivity contribution in [1.82, 2.24) is 4.98 Å². The molecule has 94 valence electrons. The highest BCUT2D eigenvalue weighted by atomic mass is 32.2. The number of nitrogens with two attached hydrogens (primary N) is 1. The second-order valence-corrected chi connectivity index (χ2v) is 4.82. The minimum Gasteiger partial charge on any atom is -0.382 e. The lowest BCUT2D eigenvalue weighted by Crippen LogP contribution is -2.35. The first-order valence-corrected chi connectivity index (χ1v) is 7.02. The van der Waals surface area contributed by atoms with Crippen LogP contribution in [-0.4, -0.2) is 35.9 Å². The van der Waals surface area contributed by atoms with Gasteiger partial charge in [0, 0.05) is 25.0 Å². The lowest BCUT2D eigenvalue weighted by atomic mass is 10.2. The van der Waals surface area contributed by atoms with Gasteiger partial charge < -0.3 is 10.6 Å². The molecule has 0 radical (unpaired) electrons. The average molecular weight is 252 g/mol. The first kappa shape index (κ1) is 13.8. The van der Waals surface area contributed by atoms with Crippen molar-refractivity contribution in [2.75, 3.05) is 24.0 Å². The topological polar surface area (TPSA) is 66.0 Å². The second-order valence-electron chi connectivity index (χ2n) is 3.91. The first-order chi connectivity index (χ1) is 8.11. The van der Waals surface area contributed by atoms with Crippen LogP contribution in [0.5, 0.6) is 0 Å². The lowest BCUT2D eigenvalue weighted by Gasteiger charge is -2.29. The van der Waals surface area contributed by atoms with Crippen LogP contribution in [0.3, 0.4) is 0 Å². The van der Waals surface area contributed by atoms with Gasteiger partial charge in [-0.15, -0.1) is 0 Å². The molecule has 1 aromatic heterocycles. The van der Waals surface area contributed by atoms with Crippen molar-refractivity contribution in [1.29, 1.82) is 5.41 Å². The van der Waals surface area contributed by atoms with Gasteiger partial charge in [-0.05, 0) is 24.8 Å². The Hall–Kier alpha value is -1.23. The minimum atomic E-state index is 0.0199. The Balaban J connectivity index is 3.01. The Morgan fingerprint density at radius 3 is 2.88 bits per heavy atom. The molecule has 1 unspecified atom stereocenters. The van der Waals surface area contributed by atoms with Gasteiger partial charge in [-0.1, -0.05) is 6.92 Å². The van der Waals surface area contributed by atoms with E-state index in [-0.39, 0.29) is 5.84 Å². The van der Waals surface area contributed by atoms with E-state index < -0.39 is 0 Å². The summed E-state index contributed by atoms with van der Waals surface area (Å²) in [6.45, 7) is 2.17. The minimum absolute atomic E-state index is 0.0199. The molecule has 0 amide bonds. The van der Waals surface area contributed by atoms with Gasteiger partial charge in [0.2, 0.25) is 0 Å². The molecule has 4 nitrogen and oxygen atoms in total. The van der Waals surface area contributed by atoms with E-state index in [0.717, 1.165) is 17.9 Å². The Morgan fingerprint density at radius 1 is 1.65 bits per heavy atom. The molecule has 17 heavy (non-hydrogen) atoms. The number of aromatic nitrogens is 1. The molecule has 0 aliphatic rings. The van der Waals surface area contributed by atoms with Crippen LogP contribution in [0.15, 0.2) is 18.3 Å². The van der Waals surface area contributed by atoms with E-state index in [1.165, 1.54) is 0 Å². The third kappa shape index (κ3) is 3.36. The molecule has 0 aromatic carbocycles. The van der Waals surface area contributed by atoms with Crippen LogP contribution in [0.25, 0.3) is 0 Å². The molecule has 0 fully saturated rings. The number of rotatable bonds is 6. The summed E-state index contributed by atoms with van der Waals surface area (Å²) in [7, 11) is 2.04. The van der Waals surface area contributed by atoms with Crippen LogP contribution in [0, 0.1) is 5.41 Å². The van der Waals surface area contributed by atoms with Gasteiger partial charge in [-0.25, -0.2) is 0 Å². The van der Waals surface area contributed by atoms with E-state index in [1.54, 1.807) is 6.20 Å². The maximum Gasteiger partial charge on any atom is 0.143 e. The van der Waals surface area contributed by atoms with Gasteiger partial charge in [-0.3, -0.25) is 10.4 Å². The number of nitrogen functional groups attached to an aromatic ring is 1. The average Bonchev–Trinajstić information content (AvgIpc) is 2.35. The number of pyridine rings is 1. The summed E-state index contributed by atoms with van der Waals surface area (Å²) in [5.41, 5.74) is 7.05. The summed E-state index contributed by atoms with van der Waals surface area (Å²) in [4.78, 5) is 6.34. The van der Waals surface area contributed by atoms with Crippen molar-refractivity contribution in [2.24, 2.45) is 5.73 Å². The van der Waals surface area contributed by atoms with E-state index in [1.807, 2.05) is 30.9 Å². The van der Waals surface area contributed by atoms with Gasteiger partial charge >= 0.3 is 0 Å². The zero-order chi connectivity index (χ0) is 12.8. The Bertz CT molecular complexity index is 381.